The molecule has 0 aromatic heterocycles. The maximum absolute atomic E-state index is 12.2. The van der Waals surface area contributed by atoms with E-state index in [1.54, 1.807) is 19.2 Å². The summed E-state index contributed by atoms with van der Waals surface area (Å²) in [5.74, 6) is 0.816. The van der Waals surface area contributed by atoms with Gasteiger partial charge >= 0.3 is 6.61 Å². The lowest BCUT2D eigenvalue weighted by molar-refractivity contribution is -0.0498. The highest BCUT2D eigenvalue weighted by atomic mass is 127. The molecule has 2 rings (SSSR count). The number of nitrogens with one attached hydrogen (secondary N) is 2. The zero-order valence-electron chi connectivity index (χ0n) is 13.0. The number of benzene rings is 1. The van der Waals surface area contributed by atoms with E-state index in [0.717, 1.165) is 5.56 Å². The number of hydrogen-bond donors (Lipinski definition) is 2. The molecule has 1 aromatic carbocycles. The lowest BCUT2D eigenvalue weighted by Crippen LogP contribution is -2.43. The number of guanidine groups is 1. The molecule has 0 aliphatic carbocycles. The van der Waals surface area contributed by atoms with Crippen LogP contribution in [0, 0.1) is 0 Å². The van der Waals surface area contributed by atoms with Crippen LogP contribution in [0.15, 0.2) is 29.3 Å². The Morgan fingerprint density at radius 3 is 2.79 bits per heavy atom. The number of halogens is 3. The molecule has 2 N–H and O–H groups in total. The van der Waals surface area contributed by atoms with Crippen LogP contribution in [-0.2, 0) is 16.4 Å². The standard InChI is InChI=1S/C14H19F2N3O3S.HI/c1-17-14(19-11-5-6-23(20,21)9-11)18-8-10-3-2-4-12(7-10)22-13(15)16;/h2-4,7,11,13H,5-6,8-9H2,1H3,(H2,17,18,19);1H. The average molecular weight is 475 g/mol. The van der Waals surface area contributed by atoms with E-state index in [-0.39, 0.29) is 47.3 Å². The molecule has 0 saturated carbocycles. The molecule has 1 heterocycles. The normalized spacial score (nSPS) is 19.7. The molecule has 6 nitrogen and oxygen atoms in total. The number of sulfone groups is 1. The Kier molecular flexibility index (Phi) is 8.13. The summed E-state index contributed by atoms with van der Waals surface area (Å²) in [4.78, 5) is 4.03. The second kappa shape index (κ2) is 9.35. The Morgan fingerprint density at radius 2 is 2.21 bits per heavy atom. The van der Waals surface area contributed by atoms with Crippen molar-refractivity contribution in [2.75, 3.05) is 18.6 Å². The van der Waals surface area contributed by atoms with Crippen LogP contribution in [0.5, 0.6) is 5.75 Å². The lowest BCUT2D eigenvalue weighted by Gasteiger charge is -2.16. The van der Waals surface area contributed by atoms with Gasteiger partial charge in [0, 0.05) is 19.6 Å². The molecule has 0 amide bonds. The predicted octanol–water partition coefficient (Wildman–Crippen LogP) is 1.76. The third-order valence-corrected chi connectivity index (χ3v) is 5.15. The Bertz CT molecular complexity index is 671. The summed E-state index contributed by atoms with van der Waals surface area (Å²) in [6.45, 7) is -2.52. The van der Waals surface area contributed by atoms with Gasteiger partial charge in [-0.05, 0) is 24.1 Å². The van der Waals surface area contributed by atoms with Gasteiger partial charge in [-0.15, -0.1) is 24.0 Å². The van der Waals surface area contributed by atoms with Gasteiger partial charge in [0.25, 0.3) is 0 Å². The van der Waals surface area contributed by atoms with Crippen molar-refractivity contribution in [3.05, 3.63) is 29.8 Å². The lowest BCUT2D eigenvalue weighted by atomic mass is 10.2. The van der Waals surface area contributed by atoms with Gasteiger partial charge in [0.1, 0.15) is 5.75 Å². The molecule has 1 unspecified atom stereocenters. The summed E-state index contributed by atoms with van der Waals surface area (Å²) in [5, 5.41) is 6.07. The molecule has 1 saturated heterocycles. The monoisotopic (exact) mass is 475 g/mol. The van der Waals surface area contributed by atoms with Crippen molar-refractivity contribution in [3.63, 3.8) is 0 Å². The molecule has 1 aliphatic rings. The molecule has 136 valence electrons. The molecule has 1 aliphatic heterocycles. The number of aliphatic imine (C=N–C) groups is 1. The summed E-state index contributed by atoms with van der Waals surface area (Å²) >= 11 is 0. The number of hydrogen-bond acceptors (Lipinski definition) is 4. The minimum atomic E-state index is -2.97. The largest absolute Gasteiger partial charge is 0.435 e. The van der Waals surface area contributed by atoms with E-state index in [2.05, 4.69) is 20.4 Å². The third-order valence-electron chi connectivity index (χ3n) is 3.38. The molecule has 1 fully saturated rings. The van der Waals surface area contributed by atoms with E-state index in [4.69, 9.17) is 0 Å². The summed E-state index contributed by atoms with van der Waals surface area (Å²) in [5.41, 5.74) is 0.741. The smallest absolute Gasteiger partial charge is 0.387 e. The average Bonchev–Trinajstić information content (AvgIpc) is 2.82. The maximum atomic E-state index is 12.2. The number of ether oxygens (including phenoxy) is 1. The fourth-order valence-corrected chi connectivity index (χ4v) is 3.99. The highest BCUT2D eigenvalue weighted by Crippen LogP contribution is 2.16. The van der Waals surface area contributed by atoms with Crippen molar-refractivity contribution in [2.24, 2.45) is 4.99 Å². The van der Waals surface area contributed by atoms with Crippen molar-refractivity contribution < 1.29 is 21.9 Å². The molecule has 0 radical (unpaired) electrons. The molecule has 1 atom stereocenters. The van der Waals surface area contributed by atoms with Crippen LogP contribution in [-0.4, -0.2) is 45.6 Å². The first-order valence-corrected chi connectivity index (χ1v) is 8.91. The highest BCUT2D eigenvalue weighted by Gasteiger charge is 2.28. The third kappa shape index (κ3) is 6.75. The first kappa shape index (κ1) is 20.9. The summed E-state index contributed by atoms with van der Waals surface area (Å²) in [6, 6.07) is 6.17. The van der Waals surface area contributed by atoms with E-state index in [1.165, 1.54) is 12.1 Å². The van der Waals surface area contributed by atoms with E-state index in [1.807, 2.05) is 0 Å². The Hall–Kier alpha value is -1.17. The van der Waals surface area contributed by atoms with Crippen molar-refractivity contribution in [3.8, 4) is 5.75 Å². The van der Waals surface area contributed by atoms with Crippen LogP contribution < -0.4 is 15.4 Å². The molecular formula is C14H20F2IN3O3S. The first-order valence-electron chi connectivity index (χ1n) is 7.09. The molecule has 0 bridgehead atoms. The van der Waals surface area contributed by atoms with Crippen LogP contribution in [0.2, 0.25) is 0 Å². The number of alkyl halides is 2. The second-order valence-corrected chi connectivity index (χ2v) is 7.42. The molecule has 1 aromatic rings. The van der Waals surface area contributed by atoms with Crippen molar-refractivity contribution in [1.82, 2.24) is 10.6 Å². The minimum absolute atomic E-state index is 0. The van der Waals surface area contributed by atoms with Gasteiger partial charge in [0.05, 0.1) is 11.5 Å². The summed E-state index contributed by atoms with van der Waals surface area (Å²) < 4.78 is 51.6. The van der Waals surface area contributed by atoms with Gasteiger partial charge in [0.15, 0.2) is 15.8 Å². The van der Waals surface area contributed by atoms with E-state index in [9.17, 15) is 17.2 Å². The predicted molar refractivity (Wildman–Crippen MR) is 98.9 cm³/mol. The first-order chi connectivity index (χ1) is 10.9. The fraction of sp³-hybridized carbons (Fsp3) is 0.500. The Balaban J connectivity index is 0.00000288. The molecule has 24 heavy (non-hydrogen) atoms. The SMILES string of the molecule is CN=C(NCc1cccc(OC(F)F)c1)NC1CCS(=O)(=O)C1.I. The van der Waals surface area contributed by atoms with E-state index >= 15 is 0 Å². The van der Waals surface area contributed by atoms with Gasteiger partial charge in [-0.1, -0.05) is 12.1 Å². The van der Waals surface area contributed by atoms with Crippen molar-refractivity contribution in [1.29, 1.82) is 0 Å². The van der Waals surface area contributed by atoms with E-state index < -0.39 is 16.4 Å². The van der Waals surface area contributed by atoms with Gasteiger partial charge < -0.3 is 15.4 Å². The zero-order valence-corrected chi connectivity index (χ0v) is 16.2. The Labute approximate surface area is 157 Å². The topological polar surface area (TPSA) is 79.8 Å². The van der Waals surface area contributed by atoms with Gasteiger partial charge in [-0.3, -0.25) is 4.99 Å². The van der Waals surface area contributed by atoms with Crippen molar-refractivity contribution >= 4 is 39.8 Å². The number of nitrogens with zero attached hydrogens (tertiary/aromatic N) is 1. The van der Waals surface area contributed by atoms with Gasteiger partial charge in [0.2, 0.25) is 0 Å². The van der Waals surface area contributed by atoms with Crippen LogP contribution in [0.1, 0.15) is 12.0 Å². The number of rotatable bonds is 5. The van der Waals surface area contributed by atoms with Crippen molar-refractivity contribution in [2.45, 2.75) is 25.6 Å². The summed E-state index contributed by atoms with van der Waals surface area (Å²) in [7, 11) is -1.39. The van der Waals surface area contributed by atoms with E-state index in [0.29, 0.717) is 18.9 Å². The molecule has 10 heteroatoms. The van der Waals surface area contributed by atoms with Gasteiger partial charge in [-0.25, -0.2) is 8.42 Å². The minimum Gasteiger partial charge on any atom is -0.435 e. The molecular weight excluding hydrogens is 455 g/mol. The fourth-order valence-electron chi connectivity index (χ4n) is 2.31. The highest BCUT2D eigenvalue weighted by molar-refractivity contribution is 14.0. The zero-order chi connectivity index (χ0) is 16.9. The summed E-state index contributed by atoms with van der Waals surface area (Å²) in [6.07, 6.45) is 0.542. The van der Waals surface area contributed by atoms with Crippen LogP contribution >= 0.6 is 24.0 Å². The second-order valence-electron chi connectivity index (χ2n) is 5.20. The van der Waals surface area contributed by atoms with Crippen LogP contribution in [0.3, 0.4) is 0 Å². The molecule has 0 spiro atoms. The Morgan fingerprint density at radius 1 is 1.46 bits per heavy atom. The van der Waals surface area contributed by atoms with Gasteiger partial charge in [-0.2, -0.15) is 8.78 Å². The van der Waals surface area contributed by atoms with Crippen LogP contribution in [0.25, 0.3) is 0 Å². The van der Waals surface area contributed by atoms with Crippen LogP contribution in [0.4, 0.5) is 8.78 Å². The maximum Gasteiger partial charge on any atom is 0.387 e. The quantitative estimate of drug-likeness (QED) is 0.386.